The highest BCUT2D eigenvalue weighted by atomic mass is 16.5. The molecule has 0 atom stereocenters. The highest BCUT2D eigenvalue weighted by Gasteiger charge is 2.28. The number of amides is 1. The van der Waals surface area contributed by atoms with Crippen LogP contribution >= 0.6 is 0 Å². The molecule has 162 valence electrons. The van der Waals surface area contributed by atoms with Crippen LogP contribution in [0.15, 0.2) is 59.4 Å². The van der Waals surface area contributed by atoms with E-state index in [9.17, 15) is 4.79 Å². The molecule has 1 aliphatic rings. The van der Waals surface area contributed by atoms with Gasteiger partial charge in [0, 0.05) is 30.1 Å². The van der Waals surface area contributed by atoms with Crippen LogP contribution in [0.1, 0.15) is 35.0 Å². The third-order valence-electron chi connectivity index (χ3n) is 5.65. The highest BCUT2D eigenvalue weighted by Crippen LogP contribution is 2.29. The highest BCUT2D eigenvalue weighted by molar-refractivity contribution is 5.94. The van der Waals surface area contributed by atoms with E-state index in [1.807, 2.05) is 41.3 Å². The first-order valence-electron chi connectivity index (χ1n) is 10.3. The molecule has 0 N–H and O–H groups in total. The summed E-state index contributed by atoms with van der Waals surface area (Å²) in [5.41, 5.74) is 2.31. The van der Waals surface area contributed by atoms with Gasteiger partial charge in [-0.1, -0.05) is 5.16 Å². The maximum Gasteiger partial charge on any atom is 0.253 e. The number of hydrogen-bond donors (Lipinski definition) is 0. The van der Waals surface area contributed by atoms with Gasteiger partial charge in [-0.15, -0.1) is 5.10 Å². The summed E-state index contributed by atoms with van der Waals surface area (Å²) in [7, 11) is 1.63. The number of ether oxygens (including phenoxy) is 1. The molecule has 10 heteroatoms. The predicted molar refractivity (Wildman–Crippen MR) is 113 cm³/mol. The Morgan fingerprint density at radius 1 is 1.06 bits per heavy atom. The minimum absolute atomic E-state index is 0.0103. The predicted octanol–water partition coefficient (Wildman–Crippen LogP) is 2.74. The van der Waals surface area contributed by atoms with Crippen molar-refractivity contribution in [3.63, 3.8) is 0 Å². The van der Waals surface area contributed by atoms with Gasteiger partial charge in [0.1, 0.15) is 12.1 Å². The molecular formula is C22H21N7O3. The number of carbonyl (C=O) groups excluding carboxylic acids is 1. The van der Waals surface area contributed by atoms with E-state index < -0.39 is 0 Å². The maximum atomic E-state index is 12.9. The van der Waals surface area contributed by atoms with Crippen molar-refractivity contribution in [1.82, 2.24) is 35.2 Å². The molecule has 0 unspecified atom stereocenters. The summed E-state index contributed by atoms with van der Waals surface area (Å²) in [6.07, 6.45) is 3.07. The third-order valence-corrected chi connectivity index (χ3v) is 5.65. The zero-order valence-corrected chi connectivity index (χ0v) is 17.5. The summed E-state index contributed by atoms with van der Waals surface area (Å²) in [5, 5.41) is 15.2. The molecule has 2 aromatic carbocycles. The normalized spacial score (nSPS) is 14.5. The molecule has 1 amide bonds. The molecule has 1 aliphatic heterocycles. The molecule has 5 rings (SSSR count). The fourth-order valence-electron chi connectivity index (χ4n) is 3.81. The van der Waals surface area contributed by atoms with Crippen LogP contribution in [0.5, 0.6) is 5.75 Å². The first-order chi connectivity index (χ1) is 15.7. The summed E-state index contributed by atoms with van der Waals surface area (Å²) in [5.74, 6) is 2.11. The fourth-order valence-corrected chi connectivity index (χ4v) is 3.81. The van der Waals surface area contributed by atoms with E-state index in [4.69, 9.17) is 9.26 Å². The molecule has 2 aromatic heterocycles. The lowest BCUT2D eigenvalue weighted by molar-refractivity contribution is 0.0704. The van der Waals surface area contributed by atoms with E-state index in [-0.39, 0.29) is 11.8 Å². The maximum absolute atomic E-state index is 12.9. The number of likely N-dealkylation sites (tertiary alicyclic amines) is 1. The lowest BCUT2D eigenvalue weighted by Crippen LogP contribution is -2.38. The van der Waals surface area contributed by atoms with Crippen LogP contribution in [0.2, 0.25) is 0 Å². The summed E-state index contributed by atoms with van der Waals surface area (Å²) in [6, 6.07) is 14.8. The lowest BCUT2D eigenvalue weighted by atomic mass is 9.96. The van der Waals surface area contributed by atoms with Crippen LogP contribution < -0.4 is 4.74 Å². The topological polar surface area (TPSA) is 112 Å². The molecule has 4 aromatic rings. The van der Waals surface area contributed by atoms with E-state index in [2.05, 4.69) is 25.7 Å². The van der Waals surface area contributed by atoms with Crippen LogP contribution in [0.4, 0.5) is 0 Å². The number of aromatic nitrogens is 6. The lowest BCUT2D eigenvalue weighted by Gasteiger charge is -2.30. The summed E-state index contributed by atoms with van der Waals surface area (Å²) >= 11 is 0. The second-order valence-electron chi connectivity index (χ2n) is 7.55. The Bertz CT molecular complexity index is 1180. The number of carbonyl (C=O) groups is 1. The molecule has 1 saturated heterocycles. The van der Waals surface area contributed by atoms with Gasteiger partial charge in [0.15, 0.2) is 0 Å². The minimum atomic E-state index is 0.0103. The Morgan fingerprint density at radius 2 is 1.81 bits per heavy atom. The van der Waals surface area contributed by atoms with Crippen LogP contribution in [0.3, 0.4) is 0 Å². The van der Waals surface area contributed by atoms with Gasteiger partial charge in [-0.3, -0.25) is 4.79 Å². The fraction of sp³-hybridized carbons (Fsp3) is 0.273. The van der Waals surface area contributed by atoms with E-state index in [1.54, 1.807) is 23.9 Å². The Balaban J connectivity index is 1.20. The summed E-state index contributed by atoms with van der Waals surface area (Å²) in [4.78, 5) is 19.3. The molecule has 32 heavy (non-hydrogen) atoms. The smallest absolute Gasteiger partial charge is 0.253 e. The second kappa shape index (κ2) is 8.58. The van der Waals surface area contributed by atoms with Gasteiger partial charge in [0.2, 0.25) is 11.7 Å². The second-order valence-corrected chi connectivity index (χ2v) is 7.55. The zero-order chi connectivity index (χ0) is 21.9. The van der Waals surface area contributed by atoms with Crippen molar-refractivity contribution in [2.75, 3.05) is 20.2 Å². The Kier molecular flexibility index (Phi) is 5.32. The SMILES string of the molecule is COc1ccc(-c2noc(C3CCN(C(=O)c4ccc(-n5cnnn5)cc4)CC3)n2)cc1. The molecule has 0 aliphatic carbocycles. The van der Waals surface area contributed by atoms with Crippen molar-refractivity contribution in [2.45, 2.75) is 18.8 Å². The molecule has 0 radical (unpaired) electrons. The van der Waals surface area contributed by atoms with Gasteiger partial charge in [-0.25, -0.2) is 4.68 Å². The van der Waals surface area contributed by atoms with Gasteiger partial charge in [0.05, 0.1) is 12.8 Å². The average Bonchev–Trinajstić information content (AvgIpc) is 3.57. The van der Waals surface area contributed by atoms with Crippen molar-refractivity contribution in [3.8, 4) is 22.8 Å². The van der Waals surface area contributed by atoms with Crippen molar-refractivity contribution in [3.05, 3.63) is 66.3 Å². The molecule has 0 saturated carbocycles. The molecule has 3 heterocycles. The number of methoxy groups -OCH3 is 1. The van der Waals surface area contributed by atoms with Gasteiger partial charge >= 0.3 is 0 Å². The molecular weight excluding hydrogens is 410 g/mol. The molecule has 1 fully saturated rings. The van der Waals surface area contributed by atoms with Crippen molar-refractivity contribution >= 4 is 5.91 Å². The van der Waals surface area contributed by atoms with Gasteiger partial charge < -0.3 is 14.2 Å². The summed E-state index contributed by atoms with van der Waals surface area (Å²) < 4.78 is 12.3. The zero-order valence-electron chi connectivity index (χ0n) is 17.5. The van der Waals surface area contributed by atoms with Crippen molar-refractivity contribution < 1.29 is 14.1 Å². The van der Waals surface area contributed by atoms with Gasteiger partial charge in [-0.2, -0.15) is 4.98 Å². The quantitative estimate of drug-likeness (QED) is 0.474. The van der Waals surface area contributed by atoms with E-state index in [0.717, 1.165) is 29.8 Å². The largest absolute Gasteiger partial charge is 0.497 e. The van der Waals surface area contributed by atoms with E-state index in [0.29, 0.717) is 30.4 Å². The minimum Gasteiger partial charge on any atom is -0.497 e. The van der Waals surface area contributed by atoms with Crippen LogP contribution in [-0.2, 0) is 0 Å². The molecule has 0 bridgehead atoms. The van der Waals surface area contributed by atoms with Crippen molar-refractivity contribution in [1.29, 1.82) is 0 Å². The number of nitrogens with zero attached hydrogens (tertiary/aromatic N) is 7. The van der Waals surface area contributed by atoms with Crippen molar-refractivity contribution in [2.24, 2.45) is 0 Å². The Morgan fingerprint density at radius 3 is 2.47 bits per heavy atom. The van der Waals surface area contributed by atoms with Crippen LogP contribution in [0, 0.1) is 0 Å². The summed E-state index contributed by atoms with van der Waals surface area (Å²) in [6.45, 7) is 1.27. The number of hydrogen-bond acceptors (Lipinski definition) is 8. The van der Waals surface area contributed by atoms with E-state index in [1.165, 1.54) is 6.33 Å². The number of benzene rings is 2. The Hall–Kier alpha value is -4.08. The third kappa shape index (κ3) is 3.94. The van der Waals surface area contributed by atoms with Gasteiger partial charge in [-0.05, 0) is 71.8 Å². The first-order valence-corrected chi connectivity index (χ1v) is 10.3. The van der Waals surface area contributed by atoms with Crippen LogP contribution in [-0.4, -0.2) is 61.4 Å². The molecule has 10 nitrogen and oxygen atoms in total. The first kappa shape index (κ1) is 19.9. The number of piperidine rings is 1. The number of tetrazole rings is 1. The molecule has 0 spiro atoms. The monoisotopic (exact) mass is 431 g/mol. The Labute approximate surface area is 183 Å². The van der Waals surface area contributed by atoms with E-state index >= 15 is 0 Å². The standard InChI is InChI=1S/C22H21N7O3/c1-31-19-8-4-15(5-9-19)20-24-21(32-25-20)16-10-12-28(13-11-16)22(30)17-2-6-18(7-3-17)29-14-23-26-27-29/h2-9,14,16H,10-13H2,1H3. The van der Waals surface area contributed by atoms with Crippen LogP contribution in [0.25, 0.3) is 17.1 Å². The average molecular weight is 431 g/mol. The number of rotatable bonds is 5. The van der Waals surface area contributed by atoms with Gasteiger partial charge in [0.25, 0.3) is 5.91 Å².